The van der Waals surface area contributed by atoms with Gasteiger partial charge in [-0.2, -0.15) is 0 Å². The van der Waals surface area contributed by atoms with Crippen molar-refractivity contribution < 1.29 is 9.90 Å². The topological polar surface area (TPSA) is 37.3 Å². The molecule has 0 aromatic carbocycles. The lowest BCUT2D eigenvalue weighted by Crippen LogP contribution is -2.35. The second-order valence-electron chi connectivity index (χ2n) is 4.27. The van der Waals surface area contributed by atoms with Gasteiger partial charge in [-0.3, -0.25) is 4.79 Å². The molecule has 12 heavy (non-hydrogen) atoms. The lowest BCUT2D eigenvalue weighted by molar-refractivity contribution is -0.144. The Kier molecular flexibility index (Phi) is 2.27. The molecule has 0 amide bonds. The summed E-state index contributed by atoms with van der Waals surface area (Å²) in [7, 11) is 0. The molecule has 0 unspecified atom stereocenters. The minimum absolute atomic E-state index is 0.110. The Bertz CT molecular complexity index is 216. The lowest BCUT2D eigenvalue weighted by Gasteiger charge is -2.37. The molecule has 1 N–H and O–H groups in total. The Morgan fingerprint density at radius 3 is 2.58 bits per heavy atom. The molecule has 0 radical (unpaired) electrons. The maximum Gasteiger partial charge on any atom is 0.311 e. The third-order valence-electron chi connectivity index (χ3n) is 2.76. The third-order valence-corrected chi connectivity index (χ3v) is 2.76. The van der Waals surface area contributed by atoms with Crippen molar-refractivity contribution in [2.24, 2.45) is 11.3 Å². The molecule has 1 saturated carbocycles. The first-order valence-electron chi connectivity index (χ1n) is 4.35. The number of rotatable bonds is 1. The Morgan fingerprint density at radius 2 is 2.25 bits per heavy atom. The van der Waals surface area contributed by atoms with Gasteiger partial charge in [-0.1, -0.05) is 26.0 Å². The second-order valence-corrected chi connectivity index (χ2v) is 4.27. The molecular weight excluding hydrogens is 152 g/mol. The number of aliphatic carboxylic acids is 1. The molecule has 1 atom stereocenters. The smallest absolute Gasteiger partial charge is 0.311 e. The summed E-state index contributed by atoms with van der Waals surface area (Å²) in [5.41, 5.74) is 0.778. The van der Waals surface area contributed by atoms with Crippen LogP contribution in [0.25, 0.3) is 0 Å². The minimum atomic E-state index is -0.718. The fraction of sp³-hybridized carbons (Fsp3) is 0.700. The van der Waals surface area contributed by atoms with Crippen LogP contribution < -0.4 is 0 Å². The summed E-state index contributed by atoms with van der Waals surface area (Å²) in [6.45, 7) is 7.85. The monoisotopic (exact) mass is 168 g/mol. The van der Waals surface area contributed by atoms with Crippen LogP contribution in [-0.2, 0) is 4.79 Å². The van der Waals surface area contributed by atoms with Gasteiger partial charge >= 0.3 is 5.97 Å². The molecule has 68 valence electrons. The van der Waals surface area contributed by atoms with Crippen LogP contribution in [0.5, 0.6) is 0 Å². The summed E-state index contributed by atoms with van der Waals surface area (Å²) in [4.78, 5) is 10.9. The second kappa shape index (κ2) is 2.92. The van der Waals surface area contributed by atoms with Crippen LogP contribution in [0, 0.1) is 11.3 Å². The van der Waals surface area contributed by atoms with Gasteiger partial charge in [0, 0.05) is 0 Å². The van der Waals surface area contributed by atoms with Crippen molar-refractivity contribution in [1.29, 1.82) is 0 Å². The molecule has 0 heterocycles. The van der Waals surface area contributed by atoms with Crippen LogP contribution in [0.15, 0.2) is 12.2 Å². The van der Waals surface area contributed by atoms with Gasteiger partial charge in [-0.05, 0) is 24.7 Å². The molecule has 0 aromatic heterocycles. The molecule has 1 fully saturated rings. The maximum absolute atomic E-state index is 10.9. The minimum Gasteiger partial charge on any atom is -0.481 e. The van der Waals surface area contributed by atoms with Gasteiger partial charge in [0.05, 0.1) is 5.92 Å². The molecule has 0 spiro atoms. The third kappa shape index (κ3) is 1.52. The quantitative estimate of drug-likeness (QED) is 0.610. The molecule has 1 rings (SSSR count). The zero-order valence-corrected chi connectivity index (χ0v) is 7.76. The normalized spacial score (nSPS) is 28.5. The van der Waals surface area contributed by atoms with Crippen LogP contribution in [0.4, 0.5) is 0 Å². The summed E-state index contributed by atoms with van der Waals surface area (Å²) < 4.78 is 0. The first kappa shape index (κ1) is 9.30. The van der Waals surface area contributed by atoms with Crippen molar-refractivity contribution in [3.63, 3.8) is 0 Å². The van der Waals surface area contributed by atoms with Crippen molar-refractivity contribution in [3.8, 4) is 0 Å². The average Bonchev–Trinajstić information content (AvgIpc) is 1.82. The Balaban J connectivity index is 2.88. The summed E-state index contributed by atoms with van der Waals surface area (Å²) >= 11 is 0. The van der Waals surface area contributed by atoms with Crippen LogP contribution in [0.1, 0.15) is 33.1 Å². The van der Waals surface area contributed by atoms with Gasteiger partial charge < -0.3 is 5.11 Å². The fourth-order valence-corrected chi connectivity index (χ4v) is 2.12. The summed E-state index contributed by atoms with van der Waals surface area (Å²) in [5.74, 6) is -1.06. The summed E-state index contributed by atoms with van der Waals surface area (Å²) in [6.07, 6.45) is 2.94. The van der Waals surface area contributed by atoms with Crippen molar-refractivity contribution in [1.82, 2.24) is 0 Å². The lowest BCUT2D eigenvalue weighted by atomic mass is 9.67. The first-order chi connectivity index (χ1) is 5.45. The largest absolute Gasteiger partial charge is 0.481 e. The van der Waals surface area contributed by atoms with E-state index < -0.39 is 5.97 Å². The molecule has 1 aliphatic carbocycles. The van der Waals surface area contributed by atoms with Gasteiger partial charge in [0.2, 0.25) is 0 Å². The van der Waals surface area contributed by atoms with Gasteiger partial charge in [-0.15, -0.1) is 0 Å². The van der Waals surface area contributed by atoms with Crippen molar-refractivity contribution in [2.45, 2.75) is 33.1 Å². The van der Waals surface area contributed by atoms with E-state index in [0.29, 0.717) is 0 Å². The molecule has 0 aromatic rings. The van der Waals surface area contributed by atoms with E-state index in [2.05, 4.69) is 6.58 Å². The zero-order chi connectivity index (χ0) is 9.35. The Morgan fingerprint density at radius 1 is 1.67 bits per heavy atom. The SMILES string of the molecule is C=C1CCCC(C)(C)[C@@H]1C(=O)O. The summed E-state index contributed by atoms with van der Waals surface area (Å²) in [6, 6.07) is 0. The van der Waals surface area contributed by atoms with E-state index in [4.69, 9.17) is 5.11 Å². The highest BCUT2D eigenvalue weighted by atomic mass is 16.4. The molecule has 2 nitrogen and oxygen atoms in total. The van der Waals surface area contributed by atoms with E-state index in [1.807, 2.05) is 13.8 Å². The van der Waals surface area contributed by atoms with E-state index >= 15 is 0 Å². The number of carboxylic acid groups (broad SMARTS) is 1. The van der Waals surface area contributed by atoms with E-state index in [0.717, 1.165) is 24.8 Å². The van der Waals surface area contributed by atoms with Crippen LogP contribution in [0.2, 0.25) is 0 Å². The molecule has 0 aliphatic heterocycles. The number of carboxylic acids is 1. The Labute approximate surface area is 73.3 Å². The highest BCUT2D eigenvalue weighted by Gasteiger charge is 2.39. The van der Waals surface area contributed by atoms with Crippen LogP contribution in [-0.4, -0.2) is 11.1 Å². The molecule has 1 aliphatic rings. The average molecular weight is 168 g/mol. The van der Waals surface area contributed by atoms with Crippen LogP contribution >= 0.6 is 0 Å². The van der Waals surface area contributed by atoms with Crippen molar-refractivity contribution in [3.05, 3.63) is 12.2 Å². The predicted molar refractivity (Wildman–Crippen MR) is 47.9 cm³/mol. The fourth-order valence-electron chi connectivity index (χ4n) is 2.12. The highest BCUT2D eigenvalue weighted by molar-refractivity contribution is 5.74. The predicted octanol–water partition coefficient (Wildman–Crippen LogP) is 2.45. The maximum atomic E-state index is 10.9. The van der Waals surface area contributed by atoms with Crippen LogP contribution in [0.3, 0.4) is 0 Å². The van der Waals surface area contributed by atoms with Gasteiger partial charge in [0.25, 0.3) is 0 Å². The zero-order valence-electron chi connectivity index (χ0n) is 7.76. The van der Waals surface area contributed by atoms with E-state index in [9.17, 15) is 4.79 Å². The van der Waals surface area contributed by atoms with Crippen molar-refractivity contribution >= 4 is 5.97 Å². The number of hydrogen-bond acceptors (Lipinski definition) is 1. The molecular formula is C10H16O2. The van der Waals surface area contributed by atoms with Gasteiger partial charge in [-0.25, -0.2) is 0 Å². The number of hydrogen-bond donors (Lipinski definition) is 1. The summed E-state index contributed by atoms with van der Waals surface area (Å²) in [5, 5.41) is 8.98. The molecule has 2 heteroatoms. The van der Waals surface area contributed by atoms with Gasteiger partial charge in [0.15, 0.2) is 0 Å². The molecule has 0 saturated heterocycles. The van der Waals surface area contributed by atoms with E-state index in [1.54, 1.807) is 0 Å². The van der Waals surface area contributed by atoms with E-state index in [-0.39, 0.29) is 11.3 Å². The number of carbonyl (C=O) groups is 1. The van der Waals surface area contributed by atoms with Crippen molar-refractivity contribution in [2.75, 3.05) is 0 Å². The first-order valence-corrected chi connectivity index (χ1v) is 4.35. The standard InChI is InChI=1S/C10H16O2/c1-7-5-4-6-10(2,3)8(7)9(11)12/h8H,1,4-6H2,2-3H3,(H,11,12)/t8-/m0/s1. The van der Waals surface area contributed by atoms with E-state index in [1.165, 1.54) is 0 Å². The highest BCUT2D eigenvalue weighted by Crippen LogP contribution is 2.42. The Hall–Kier alpha value is -0.790. The van der Waals surface area contributed by atoms with Gasteiger partial charge in [0.1, 0.15) is 0 Å². The molecule has 0 bridgehead atoms.